The zero-order valence-electron chi connectivity index (χ0n) is 7.90. The lowest BCUT2D eigenvalue weighted by atomic mass is 10.2. The van der Waals surface area contributed by atoms with Crippen molar-refractivity contribution < 1.29 is 0 Å². The molecule has 0 aliphatic heterocycles. The van der Waals surface area contributed by atoms with Gasteiger partial charge in [-0.3, -0.25) is 15.7 Å². The van der Waals surface area contributed by atoms with E-state index in [2.05, 4.69) is 15.3 Å². The molecule has 0 saturated carbocycles. The van der Waals surface area contributed by atoms with Gasteiger partial charge in [-0.05, 0) is 19.2 Å². The van der Waals surface area contributed by atoms with Crippen molar-refractivity contribution in [2.75, 3.05) is 20.3 Å². The van der Waals surface area contributed by atoms with Gasteiger partial charge in [0.15, 0.2) is 0 Å². The van der Waals surface area contributed by atoms with Crippen LogP contribution in [0, 0.1) is 0 Å². The number of nitrogens with zero attached hydrogens (tertiary/aromatic N) is 2. The first-order valence-corrected chi connectivity index (χ1v) is 4.35. The highest BCUT2D eigenvalue weighted by Gasteiger charge is 1.97. The Labute approximate surface area is 78.7 Å². The van der Waals surface area contributed by atoms with Gasteiger partial charge in [-0.2, -0.15) is 0 Å². The van der Waals surface area contributed by atoms with Crippen LogP contribution in [0.5, 0.6) is 0 Å². The third-order valence-electron chi connectivity index (χ3n) is 1.84. The molecule has 0 bridgehead atoms. The lowest BCUT2D eigenvalue weighted by Crippen LogP contribution is -2.36. The Kier molecular flexibility index (Phi) is 4.39. The summed E-state index contributed by atoms with van der Waals surface area (Å²) >= 11 is 0. The summed E-state index contributed by atoms with van der Waals surface area (Å²) in [6.07, 6.45) is 2.77. The summed E-state index contributed by atoms with van der Waals surface area (Å²) in [7, 11) is 2.02. The van der Waals surface area contributed by atoms with Gasteiger partial charge in [-0.25, -0.2) is 5.43 Å². The summed E-state index contributed by atoms with van der Waals surface area (Å²) in [4.78, 5) is 6.34. The molecule has 1 aromatic rings. The number of hydrazine groups is 1. The smallest absolute Gasteiger partial charge is 0.0610 e. The summed E-state index contributed by atoms with van der Waals surface area (Å²) in [5.41, 5.74) is 3.73. The molecule has 0 unspecified atom stereocenters. The number of nitrogens with one attached hydrogen (secondary N) is 1. The van der Waals surface area contributed by atoms with Crippen molar-refractivity contribution in [3.8, 4) is 0 Å². The molecular formula is C9H16N4. The maximum absolute atomic E-state index is 5.19. The molecule has 0 aromatic carbocycles. The predicted molar refractivity (Wildman–Crippen MR) is 52.8 cm³/mol. The maximum Gasteiger partial charge on any atom is 0.0610 e. The molecule has 4 heteroatoms. The van der Waals surface area contributed by atoms with Crippen LogP contribution in [0.4, 0.5) is 0 Å². The minimum Gasteiger partial charge on any atom is -0.292 e. The molecule has 0 spiro atoms. The van der Waals surface area contributed by atoms with Crippen LogP contribution in [0.15, 0.2) is 24.4 Å². The standard InChI is InChI=1S/C9H16N4/c1-13(8-12-10)7-5-9-4-2-3-6-11-9/h2-4,6,12H,5,7-8,10H2,1H3. The van der Waals surface area contributed by atoms with E-state index in [1.165, 1.54) is 0 Å². The molecule has 1 rings (SSSR count). The summed E-state index contributed by atoms with van der Waals surface area (Å²) in [5.74, 6) is 5.19. The highest BCUT2D eigenvalue weighted by atomic mass is 15.3. The number of pyridine rings is 1. The molecule has 3 N–H and O–H groups in total. The number of nitrogens with two attached hydrogens (primary N) is 1. The lowest BCUT2D eigenvalue weighted by molar-refractivity contribution is 0.312. The first-order chi connectivity index (χ1) is 6.33. The first kappa shape index (κ1) is 10.1. The Balaban J connectivity index is 2.27. The summed E-state index contributed by atoms with van der Waals surface area (Å²) in [5, 5.41) is 0. The summed E-state index contributed by atoms with van der Waals surface area (Å²) < 4.78 is 0. The van der Waals surface area contributed by atoms with E-state index in [1.54, 1.807) is 0 Å². The van der Waals surface area contributed by atoms with E-state index in [0.29, 0.717) is 6.67 Å². The zero-order chi connectivity index (χ0) is 9.52. The molecule has 1 aromatic heterocycles. The van der Waals surface area contributed by atoms with E-state index >= 15 is 0 Å². The molecule has 0 aliphatic rings. The molecule has 0 saturated heterocycles. The quantitative estimate of drug-likeness (QED) is 0.380. The molecule has 0 atom stereocenters. The van der Waals surface area contributed by atoms with Gasteiger partial charge in [0, 0.05) is 24.9 Å². The van der Waals surface area contributed by atoms with Crippen molar-refractivity contribution in [2.45, 2.75) is 6.42 Å². The van der Waals surface area contributed by atoms with Gasteiger partial charge >= 0.3 is 0 Å². The van der Waals surface area contributed by atoms with E-state index < -0.39 is 0 Å². The Hall–Kier alpha value is -0.970. The molecule has 0 aliphatic carbocycles. The van der Waals surface area contributed by atoms with Crippen LogP contribution in [0.2, 0.25) is 0 Å². The van der Waals surface area contributed by atoms with Crippen molar-refractivity contribution in [1.82, 2.24) is 15.3 Å². The first-order valence-electron chi connectivity index (χ1n) is 4.35. The van der Waals surface area contributed by atoms with Crippen LogP contribution in [0.3, 0.4) is 0 Å². The fourth-order valence-corrected chi connectivity index (χ4v) is 1.09. The van der Waals surface area contributed by atoms with Crippen LogP contribution in [0.25, 0.3) is 0 Å². The van der Waals surface area contributed by atoms with Crippen LogP contribution >= 0.6 is 0 Å². The third kappa shape index (κ3) is 3.98. The van der Waals surface area contributed by atoms with Gasteiger partial charge in [0.25, 0.3) is 0 Å². The number of aromatic nitrogens is 1. The van der Waals surface area contributed by atoms with Gasteiger partial charge < -0.3 is 0 Å². The van der Waals surface area contributed by atoms with Crippen molar-refractivity contribution in [3.05, 3.63) is 30.1 Å². The Morgan fingerprint density at radius 2 is 2.38 bits per heavy atom. The average molecular weight is 180 g/mol. The van der Waals surface area contributed by atoms with E-state index in [0.717, 1.165) is 18.7 Å². The molecule has 13 heavy (non-hydrogen) atoms. The molecule has 0 amide bonds. The fraction of sp³-hybridized carbons (Fsp3) is 0.444. The molecule has 72 valence electrons. The van der Waals surface area contributed by atoms with Crippen LogP contribution in [-0.2, 0) is 6.42 Å². The van der Waals surface area contributed by atoms with Crippen molar-refractivity contribution in [2.24, 2.45) is 5.84 Å². The topological polar surface area (TPSA) is 54.2 Å². The minimum atomic E-state index is 0.701. The molecule has 0 radical (unpaired) electrons. The zero-order valence-corrected chi connectivity index (χ0v) is 7.90. The third-order valence-corrected chi connectivity index (χ3v) is 1.84. The van der Waals surface area contributed by atoms with Crippen molar-refractivity contribution >= 4 is 0 Å². The average Bonchev–Trinajstić information content (AvgIpc) is 2.17. The maximum atomic E-state index is 5.19. The van der Waals surface area contributed by atoms with Gasteiger partial charge in [0.1, 0.15) is 0 Å². The second kappa shape index (κ2) is 5.64. The number of hydrogen-bond acceptors (Lipinski definition) is 4. The fourth-order valence-electron chi connectivity index (χ4n) is 1.09. The van der Waals surface area contributed by atoms with Crippen molar-refractivity contribution in [1.29, 1.82) is 0 Å². The Bertz CT molecular complexity index is 224. The molecular weight excluding hydrogens is 164 g/mol. The lowest BCUT2D eigenvalue weighted by Gasteiger charge is -2.14. The second-order valence-corrected chi connectivity index (χ2v) is 3.01. The van der Waals surface area contributed by atoms with E-state index in [4.69, 9.17) is 5.84 Å². The monoisotopic (exact) mass is 180 g/mol. The Morgan fingerprint density at radius 3 is 3.00 bits per heavy atom. The van der Waals surface area contributed by atoms with Gasteiger partial charge in [-0.1, -0.05) is 6.07 Å². The van der Waals surface area contributed by atoms with Crippen LogP contribution in [-0.4, -0.2) is 30.1 Å². The van der Waals surface area contributed by atoms with Gasteiger partial charge in [0.05, 0.1) is 6.67 Å². The summed E-state index contributed by atoms with van der Waals surface area (Å²) in [6, 6.07) is 5.96. The second-order valence-electron chi connectivity index (χ2n) is 3.01. The van der Waals surface area contributed by atoms with Gasteiger partial charge in [0.2, 0.25) is 0 Å². The van der Waals surface area contributed by atoms with E-state index in [9.17, 15) is 0 Å². The summed E-state index contributed by atoms with van der Waals surface area (Å²) in [6.45, 7) is 1.66. The Morgan fingerprint density at radius 1 is 1.54 bits per heavy atom. The largest absolute Gasteiger partial charge is 0.292 e. The normalized spacial score (nSPS) is 10.7. The minimum absolute atomic E-state index is 0.701. The number of likely N-dealkylation sites (N-methyl/N-ethyl adjacent to an activating group) is 1. The predicted octanol–water partition coefficient (Wildman–Crippen LogP) is -0.0233. The SMILES string of the molecule is CN(CCc1ccccn1)CNN. The van der Waals surface area contributed by atoms with E-state index in [-0.39, 0.29) is 0 Å². The highest BCUT2D eigenvalue weighted by Crippen LogP contribution is 1.95. The van der Waals surface area contributed by atoms with Crippen LogP contribution < -0.4 is 11.3 Å². The van der Waals surface area contributed by atoms with Gasteiger partial charge in [-0.15, -0.1) is 0 Å². The number of hydrogen-bond donors (Lipinski definition) is 2. The number of rotatable bonds is 5. The van der Waals surface area contributed by atoms with Crippen molar-refractivity contribution in [3.63, 3.8) is 0 Å². The molecule has 4 nitrogen and oxygen atoms in total. The highest BCUT2D eigenvalue weighted by molar-refractivity contribution is 5.03. The molecule has 1 heterocycles. The molecule has 0 fully saturated rings. The van der Waals surface area contributed by atoms with Crippen LogP contribution in [0.1, 0.15) is 5.69 Å². The van der Waals surface area contributed by atoms with E-state index in [1.807, 2.05) is 31.4 Å².